The quantitative estimate of drug-likeness (QED) is 0.904. The Labute approximate surface area is 125 Å². The first-order valence-electron chi connectivity index (χ1n) is 7.76. The molecular weight excluding hydrogens is 270 g/mol. The van der Waals surface area contributed by atoms with E-state index >= 15 is 0 Å². The van der Waals surface area contributed by atoms with E-state index in [1.165, 1.54) is 36.4 Å². The Morgan fingerprint density at radius 3 is 3.10 bits per heavy atom. The number of rotatable bonds is 5. The maximum atomic E-state index is 5.75. The maximum absolute atomic E-state index is 5.75. The summed E-state index contributed by atoms with van der Waals surface area (Å²) in [5.74, 6) is 0.740. The number of thiazole rings is 1. The fraction of sp³-hybridized carbons (Fsp3) is 0.800. The van der Waals surface area contributed by atoms with Crippen molar-refractivity contribution in [2.75, 3.05) is 33.3 Å². The topological polar surface area (TPSA) is 37.4 Å². The maximum Gasteiger partial charge on any atom is 0.0959 e. The lowest BCUT2D eigenvalue weighted by atomic mass is 10.1. The van der Waals surface area contributed by atoms with Crippen LogP contribution in [0.5, 0.6) is 0 Å². The summed E-state index contributed by atoms with van der Waals surface area (Å²) in [6, 6.07) is 0. The van der Waals surface area contributed by atoms with Gasteiger partial charge in [-0.3, -0.25) is 0 Å². The number of nitrogens with one attached hydrogen (secondary N) is 1. The Bertz CT molecular complexity index is 417. The van der Waals surface area contributed by atoms with Crippen molar-refractivity contribution in [2.45, 2.75) is 44.2 Å². The van der Waals surface area contributed by atoms with Gasteiger partial charge in [0, 0.05) is 37.5 Å². The van der Waals surface area contributed by atoms with Crippen LogP contribution < -0.4 is 5.32 Å². The molecule has 0 radical (unpaired) electrons. The van der Waals surface area contributed by atoms with E-state index in [-0.39, 0.29) is 0 Å². The zero-order valence-electron chi connectivity index (χ0n) is 12.3. The number of likely N-dealkylation sites (N-methyl/N-ethyl adjacent to an activating group) is 1. The molecule has 0 spiro atoms. The van der Waals surface area contributed by atoms with E-state index in [1.807, 2.05) is 11.3 Å². The third-order valence-electron chi connectivity index (χ3n) is 4.29. The van der Waals surface area contributed by atoms with Crippen molar-refractivity contribution in [3.05, 3.63) is 16.1 Å². The van der Waals surface area contributed by atoms with Crippen LogP contribution in [0.1, 0.15) is 42.3 Å². The minimum atomic E-state index is 0.321. The van der Waals surface area contributed by atoms with Crippen LogP contribution in [0, 0.1) is 0 Å². The molecule has 3 rings (SSSR count). The average molecular weight is 295 g/mol. The lowest BCUT2D eigenvalue weighted by molar-refractivity contribution is -0.0182. The van der Waals surface area contributed by atoms with Gasteiger partial charge < -0.3 is 15.0 Å². The van der Waals surface area contributed by atoms with Crippen LogP contribution in [0.3, 0.4) is 0 Å². The highest BCUT2D eigenvalue weighted by Crippen LogP contribution is 2.35. The zero-order chi connectivity index (χ0) is 13.8. The summed E-state index contributed by atoms with van der Waals surface area (Å²) in [7, 11) is 2.16. The van der Waals surface area contributed by atoms with Crippen molar-refractivity contribution in [3.8, 4) is 0 Å². The summed E-state index contributed by atoms with van der Waals surface area (Å²) in [5, 5.41) is 7.06. The van der Waals surface area contributed by atoms with Crippen LogP contribution in [0.4, 0.5) is 0 Å². The van der Waals surface area contributed by atoms with Gasteiger partial charge in [-0.25, -0.2) is 4.98 Å². The predicted molar refractivity (Wildman–Crippen MR) is 82.3 cm³/mol. The van der Waals surface area contributed by atoms with Crippen molar-refractivity contribution in [2.24, 2.45) is 0 Å². The van der Waals surface area contributed by atoms with Crippen LogP contribution in [0.15, 0.2) is 5.38 Å². The van der Waals surface area contributed by atoms with Gasteiger partial charge >= 0.3 is 0 Å². The molecule has 0 bridgehead atoms. The second-order valence-corrected chi connectivity index (χ2v) is 6.93. The SMILES string of the molecule is CN1CCOC(CNCc2csc(C3CCCC3)n2)C1. The number of ether oxygens (including phenoxy) is 1. The molecule has 1 saturated carbocycles. The summed E-state index contributed by atoms with van der Waals surface area (Å²) in [6.45, 7) is 4.71. The molecule has 4 nitrogen and oxygen atoms in total. The molecule has 1 aliphatic heterocycles. The lowest BCUT2D eigenvalue weighted by Crippen LogP contribution is -2.44. The summed E-state index contributed by atoms with van der Waals surface area (Å²) in [4.78, 5) is 7.12. The van der Waals surface area contributed by atoms with Gasteiger partial charge in [0.05, 0.1) is 23.4 Å². The van der Waals surface area contributed by atoms with Crippen molar-refractivity contribution in [1.82, 2.24) is 15.2 Å². The molecular formula is C15H25N3OS. The Hall–Kier alpha value is -0.490. The molecule has 1 aromatic heterocycles. The number of hydrogen-bond acceptors (Lipinski definition) is 5. The summed E-state index contributed by atoms with van der Waals surface area (Å²) < 4.78 is 5.75. The van der Waals surface area contributed by atoms with E-state index in [4.69, 9.17) is 9.72 Å². The smallest absolute Gasteiger partial charge is 0.0959 e. The minimum absolute atomic E-state index is 0.321. The monoisotopic (exact) mass is 295 g/mol. The largest absolute Gasteiger partial charge is 0.374 e. The molecule has 5 heteroatoms. The van der Waals surface area contributed by atoms with Crippen LogP contribution in [0.25, 0.3) is 0 Å². The highest BCUT2D eigenvalue weighted by atomic mass is 32.1. The highest BCUT2D eigenvalue weighted by Gasteiger charge is 2.20. The van der Waals surface area contributed by atoms with Crippen molar-refractivity contribution >= 4 is 11.3 Å². The van der Waals surface area contributed by atoms with E-state index in [0.29, 0.717) is 6.10 Å². The standard InChI is InChI=1S/C15H25N3OS/c1-18-6-7-19-14(10-18)9-16-8-13-11-20-15(17-13)12-4-2-3-5-12/h11-12,14,16H,2-10H2,1H3. The minimum Gasteiger partial charge on any atom is -0.374 e. The molecule has 1 aliphatic carbocycles. The first-order valence-corrected chi connectivity index (χ1v) is 8.64. The first kappa shape index (κ1) is 14.4. The fourth-order valence-electron chi connectivity index (χ4n) is 3.12. The van der Waals surface area contributed by atoms with Gasteiger partial charge in [0.1, 0.15) is 0 Å². The van der Waals surface area contributed by atoms with Crippen molar-refractivity contribution < 1.29 is 4.74 Å². The Balaban J connectivity index is 1.42. The average Bonchev–Trinajstić information content (AvgIpc) is 3.09. The molecule has 112 valence electrons. The van der Waals surface area contributed by atoms with E-state index in [9.17, 15) is 0 Å². The van der Waals surface area contributed by atoms with Gasteiger partial charge in [-0.1, -0.05) is 12.8 Å². The molecule has 1 atom stereocenters. The zero-order valence-corrected chi connectivity index (χ0v) is 13.1. The Morgan fingerprint density at radius 2 is 2.30 bits per heavy atom. The van der Waals surface area contributed by atoms with Gasteiger partial charge in [-0.05, 0) is 19.9 Å². The second-order valence-electron chi connectivity index (χ2n) is 6.04. The number of hydrogen-bond donors (Lipinski definition) is 1. The number of nitrogens with zero attached hydrogens (tertiary/aromatic N) is 2. The van der Waals surface area contributed by atoms with E-state index in [1.54, 1.807) is 0 Å². The van der Waals surface area contributed by atoms with Crippen LogP contribution >= 0.6 is 11.3 Å². The summed E-state index contributed by atoms with van der Waals surface area (Å²) in [5.41, 5.74) is 1.20. The third kappa shape index (κ3) is 3.79. The molecule has 0 amide bonds. The van der Waals surface area contributed by atoms with E-state index in [2.05, 4.69) is 22.6 Å². The van der Waals surface area contributed by atoms with E-state index in [0.717, 1.165) is 38.7 Å². The fourth-order valence-corrected chi connectivity index (χ4v) is 4.11. The molecule has 1 N–H and O–H groups in total. The van der Waals surface area contributed by atoms with E-state index < -0.39 is 0 Å². The van der Waals surface area contributed by atoms with Crippen molar-refractivity contribution in [3.63, 3.8) is 0 Å². The predicted octanol–water partition coefficient (Wildman–Crippen LogP) is 2.22. The molecule has 1 unspecified atom stereocenters. The Kier molecular flexibility index (Phi) is 5.04. The molecule has 0 aromatic carbocycles. The van der Waals surface area contributed by atoms with Crippen molar-refractivity contribution in [1.29, 1.82) is 0 Å². The third-order valence-corrected chi connectivity index (χ3v) is 5.35. The van der Waals surface area contributed by atoms with Crippen LogP contribution in [-0.2, 0) is 11.3 Å². The molecule has 1 saturated heterocycles. The Morgan fingerprint density at radius 1 is 1.45 bits per heavy atom. The van der Waals surface area contributed by atoms with Crippen LogP contribution in [0.2, 0.25) is 0 Å². The first-order chi connectivity index (χ1) is 9.81. The number of morpholine rings is 1. The van der Waals surface area contributed by atoms with Crippen LogP contribution in [-0.4, -0.2) is 49.3 Å². The number of aromatic nitrogens is 1. The molecule has 20 heavy (non-hydrogen) atoms. The van der Waals surface area contributed by atoms with Gasteiger partial charge in [-0.15, -0.1) is 11.3 Å². The summed E-state index contributed by atoms with van der Waals surface area (Å²) in [6.07, 6.45) is 5.75. The molecule has 2 fully saturated rings. The lowest BCUT2D eigenvalue weighted by Gasteiger charge is -2.30. The second kappa shape index (κ2) is 6.98. The normalized spacial score (nSPS) is 25.4. The van der Waals surface area contributed by atoms with Gasteiger partial charge in [0.2, 0.25) is 0 Å². The van der Waals surface area contributed by atoms with Gasteiger partial charge in [0.25, 0.3) is 0 Å². The van der Waals surface area contributed by atoms with Gasteiger partial charge in [0.15, 0.2) is 0 Å². The molecule has 1 aromatic rings. The molecule has 2 aliphatic rings. The highest BCUT2D eigenvalue weighted by molar-refractivity contribution is 7.09. The molecule has 2 heterocycles. The summed E-state index contributed by atoms with van der Waals surface area (Å²) >= 11 is 1.84. The van der Waals surface area contributed by atoms with Gasteiger partial charge in [-0.2, -0.15) is 0 Å².